The zero-order valence-electron chi connectivity index (χ0n) is 6.95. The van der Waals surface area contributed by atoms with Crippen LogP contribution in [0.2, 0.25) is 0 Å². The topological polar surface area (TPSA) is 55.1 Å². The number of anilines is 1. The monoisotopic (exact) mass is 164 g/mol. The number of rotatable bonds is 3. The smallest absolute Gasteiger partial charge is 0.211 e. The second kappa shape index (κ2) is 3.88. The fourth-order valence-electron chi connectivity index (χ4n) is 0.951. The quantitative estimate of drug-likeness (QED) is 0.661. The Morgan fingerprint density at radius 2 is 2.00 bits per heavy atom. The van der Waals surface area contributed by atoms with Crippen molar-refractivity contribution in [2.75, 3.05) is 5.32 Å². The van der Waals surface area contributed by atoms with E-state index < -0.39 is 0 Å². The summed E-state index contributed by atoms with van der Waals surface area (Å²) in [6, 6.07) is 7.49. The number of carbonyl (C=O) groups excluding carboxylic acids is 1. The maximum atomic E-state index is 10.1. The maximum absolute atomic E-state index is 10.1. The molecular weight excluding hydrogens is 152 g/mol. The third-order valence-corrected chi connectivity index (χ3v) is 1.66. The van der Waals surface area contributed by atoms with E-state index in [-0.39, 0.29) is 6.04 Å². The van der Waals surface area contributed by atoms with Gasteiger partial charge in [0.05, 0.1) is 0 Å². The van der Waals surface area contributed by atoms with Gasteiger partial charge in [-0.05, 0) is 24.6 Å². The highest BCUT2D eigenvalue weighted by atomic mass is 16.1. The van der Waals surface area contributed by atoms with Crippen LogP contribution < -0.4 is 11.1 Å². The summed E-state index contributed by atoms with van der Waals surface area (Å²) >= 11 is 0. The molecule has 0 aliphatic carbocycles. The molecule has 3 heteroatoms. The van der Waals surface area contributed by atoms with Gasteiger partial charge in [-0.25, -0.2) is 0 Å². The van der Waals surface area contributed by atoms with E-state index in [1.54, 1.807) is 0 Å². The Morgan fingerprint density at radius 1 is 1.42 bits per heavy atom. The zero-order chi connectivity index (χ0) is 8.97. The summed E-state index contributed by atoms with van der Waals surface area (Å²) in [5.74, 6) is 0. The molecule has 64 valence electrons. The first-order valence-corrected chi connectivity index (χ1v) is 3.80. The van der Waals surface area contributed by atoms with Crippen molar-refractivity contribution in [3.05, 3.63) is 29.8 Å². The van der Waals surface area contributed by atoms with Crippen LogP contribution in [0.4, 0.5) is 5.69 Å². The summed E-state index contributed by atoms with van der Waals surface area (Å²) in [6.45, 7) is 1.92. The number of nitrogens with two attached hydrogens (primary N) is 1. The van der Waals surface area contributed by atoms with Gasteiger partial charge in [-0.3, -0.25) is 4.79 Å². The molecule has 1 aromatic rings. The van der Waals surface area contributed by atoms with Crippen molar-refractivity contribution < 1.29 is 4.79 Å². The molecule has 1 unspecified atom stereocenters. The first-order chi connectivity index (χ1) is 5.74. The molecule has 0 aliphatic rings. The summed E-state index contributed by atoms with van der Waals surface area (Å²) in [5.41, 5.74) is 7.50. The van der Waals surface area contributed by atoms with Crippen LogP contribution in [0.15, 0.2) is 24.3 Å². The van der Waals surface area contributed by atoms with Gasteiger partial charge < -0.3 is 11.1 Å². The molecule has 0 spiro atoms. The van der Waals surface area contributed by atoms with Gasteiger partial charge in [0.2, 0.25) is 6.41 Å². The standard InChI is InChI=1S/C9H12N2O/c1-7(10)8-2-4-9(5-3-8)11-6-12/h2-7H,10H2,1H3,(H,11,12). The lowest BCUT2D eigenvalue weighted by molar-refractivity contribution is -0.105. The van der Waals surface area contributed by atoms with Crippen molar-refractivity contribution in [3.8, 4) is 0 Å². The fourth-order valence-corrected chi connectivity index (χ4v) is 0.951. The molecular formula is C9H12N2O. The van der Waals surface area contributed by atoms with Gasteiger partial charge in [-0.2, -0.15) is 0 Å². The van der Waals surface area contributed by atoms with Crippen molar-refractivity contribution in [2.24, 2.45) is 5.73 Å². The number of carbonyl (C=O) groups is 1. The second-order valence-electron chi connectivity index (χ2n) is 2.67. The predicted octanol–water partition coefficient (Wildman–Crippen LogP) is 1.27. The van der Waals surface area contributed by atoms with Crippen LogP contribution in [0.25, 0.3) is 0 Å². The Hall–Kier alpha value is -1.35. The van der Waals surface area contributed by atoms with Crippen LogP contribution in [-0.2, 0) is 4.79 Å². The molecule has 0 heterocycles. The molecule has 1 amide bonds. The largest absolute Gasteiger partial charge is 0.329 e. The molecule has 12 heavy (non-hydrogen) atoms. The van der Waals surface area contributed by atoms with Gasteiger partial charge in [0, 0.05) is 11.7 Å². The lowest BCUT2D eigenvalue weighted by atomic mass is 10.1. The number of hydrogen-bond acceptors (Lipinski definition) is 2. The average molecular weight is 164 g/mol. The number of hydrogen-bond donors (Lipinski definition) is 2. The van der Waals surface area contributed by atoms with E-state index in [4.69, 9.17) is 5.73 Å². The minimum Gasteiger partial charge on any atom is -0.329 e. The van der Waals surface area contributed by atoms with Crippen LogP contribution in [0.1, 0.15) is 18.5 Å². The predicted molar refractivity (Wildman–Crippen MR) is 48.7 cm³/mol. The van der Waals surface area contributed by atoms with Gasteiger partial charge in [-0.1, -0.05) is 12.1 Å². The lowest BCUT2D eigenvalue weighted by Crippen LogP contribution is -2.04. The van der Waals surface area contributed by atoms with E-state index in [1.165, 1.54) is 0 Å². The summed E-state index contributed by atoms with van der Waals surface area (Å²) in [4.78, 5) is 10.1. The SMILES string of the molecule is CC(N)c1ccc(NC=O)cc1. The molecule has 1 aromatic carbocycles. The van der Waals surface area contributed by atoms with Crippen LogP contribution in [-0.4, -0.2) is 6.41 Å². The van der Waals surface area contributed by atoms with Crippen molar-refractivity contribution >= 4 is 12.1 Å². The summed E-state index contributed by atoms with van der Waals surface area (Å²) in [5, 5.41) is 2.55. The van der Waals surface area contributed by atoms with Gasteiger partial charge in [0.1, 0.15) is 0 Å². The minimum absolute atomic E-state index is 0.0373. The van der Waals surface area contributed by atoms with Crippen LogP contribution >= 0.6 is 0 Å². The lowest BCUT2D eigenvalue weighted by Gasteiger charge is -2.05. The number of benzene rings is 1. The third-order valence-electron chi connectivity index (χ3n) is 1.66. The van der Waals surface area contributed by atoms with Gasteiger partial charge in [-0.15, -0.1) is 0 Å². The molecule has 3 N–H and O–H groups in total. The minimum atomic E-state index is 0.0373. The van der Waals surface area contributed by atoms with Crippen molar-refractivity contribution in [1.82, 2.24) is 0 Å². The van der Waals surface area contributed by atoms with Crippen molar-refractivity contribution in [1.29, 1.82) is 0 Å². The summed E-state index contributed by atoms with van der Waals surface area (Å²) < 4.78 is 0. The number of nitrogens with one attached hydrogen (secondary N) is 1. The Labute approximate surface area is 71.6 Å². The third kappa shape index (κ3) is 2.07. The molecule has 3 nitrogen and oxygen atoms in total. The Bertz CT molecular complexity index is 254. The highest BCUT2D eigenvalue weighted by Crippen LogP contribution is 2.13. The normalized spacial score (nSPS) is 12.2. The summed E-state index contributed by atoms with van der Waals surface area (Å²) in [6.07, 6.45) is 0.654. The first kappa shape index (κ1) is 8.74. The summed E-state index contributed by atoms with van der Waals surface area (Å²) in [7, 11) is 0. The van der Waals surface area contributed by atoms with Crippen molar-refractivity contribution in [3.63, 3.8) is 0 Å². The maximum Gasteiger partial charge on any atom is 0.211 e. The van der Waals surface area contributed by atoms with Crippen LogP contribution in [0.3, 0.4) is 0 Å². The zero-order valence-corrected chi connectivity index (χ0v) is 6.95. The van der Waals surface area contributed by atoms with E-state index in [2.05, 4.69) is 5.32 Å². The van der Waals surface area contributed by atoms with Crippen LogP contribution in [0.5, 0.6) is 0 Å². The molecule has 0 saturated carbocycles. The highest BCUT2D eigenvalue weighted by molar-refractivity contribution is 5.71. The average Bonchev–Trinajstić information content (AvgIpc) is 2.06. The molecule has 0 saturated heterocycles. The second-order valence-corrected chi connectivity index (χ2v) is 2.67. The van der Waals surface area contributed by atoms with Crippen molar-refractivity contribution in [2.45, 2.75) is 13.0 Å². The molecule has 1 rings (SSSR count). The van der Waals surface area contributed by atoms with E-state index in [0.717, 1.165) is 11.3 Å². The Balaban J connectivity index is 2.78. The van der Waals surface area contributed by atoms with E-state index in [9.17, 15) is 4.79 Å². The molecule has 0 aliphatic heterocycles. The van der Waals surface area contributed by atoms with Gasteiger partial charge in [0.15, 0.2) is 0 Å². The van der Waals surface area contributed by atoms with E-state index in [1.807, 2.05) is 31.2 Å². The molecule has 0 fully saturated rings. The molecule has 0 aromatic heterocycles. The highest BCUT2D eigenvalue weighted by Gasteiger charge is 1.97. The van der Waals surface area contributed by atoms with Crippen LogP contribution in [0, 0.1) is 0 Å². The van der Waals surface area contributed by atoms with E-state index in [0.29, 0.717) is 6.41 Å². The Morgan fingerprint density at radius 3 is 2.42 bits per heavy atom. The molecule has 0 radical (unpaired) electrons. The van der Waals surface area contributed by atoms with Gasteiger partial charge >= 0.3 is 0 Å². The van der Waals surface area contributed by atoms with E-state index >= 15 is 0 Å². The first-order valence-electron chi connectivity index (χ1n) is 3.80. The molecule has 0 bridgehead atoms. The Kier molecular flexibility index (Phi) is 2.82. The molecule has 1 atom stereocenters. The fraction of sp³-hybridized carbons (Fsp3) is 0.222. The number of amides is 1. The van der Waals surface area contributed by atoms with Gasteiger partial charge in [0.25, 0.3) is 0 Å².